The Morgan fingerprint density at radius 2 is 1.96 bits per heavy atom. The molecular weight excluding hydrogens is 352 g/mol. The molecule has 0 radical (unpaired) electrons. The summed E-state index contributed by atoms with van der Waals surface area (Å²) in [4.78, 5) is 12.6. The molecule has 1 aromatic carbocycles. The summed E-state index contributed by atoms with van der Waals surface area (Å²) in [5.41, 5.74) is 0. The van der Waals surface area contributed by atoms with Gasteiger partial charge in [0.05, 0.1) is 18.6 Å². The van der Waals surface area contributed by atoms with Crippen molar-refractivity contribution in [3.8, 4) is 5.75 Å². The Balaban J connectivity index is 2.10. The van der Waals surface area contributed by atoms with Crippen LogP contribution in [0.4, 0.5) is 0 Å². The van der Waals surface area contributed by atoms with Gasteiger partial charge in [0.2, 0.25) is 15.9 Å². The Labute approximate surface area is 156 Å². The van der Waals surface area contributed by atoms with E-state index in [1.807, 2.05) is 0 Å². The number of nitrogens with one attached hydrogen (secondary N) is 1. The average Bonchev–Trinajstić information content (AvgIpc) is 2.63. The van der Waals surface area contributed by atoms with E-state index >= 15 is 0 Å². The molecule has 0 aromatic heterocycles. The molecule has 1 fully saturated rings. The lowest BCUT2D eigenvalue weighted by molar-refractivity contribution is -0.122. The van der Waals surface area contributed by atoms with Crippen molar-refractivity contribution in [2.75, 3.05) is 20.2 Å². The monoisotopic (exact) mass is 380 g/mol. The molecule has 0 saturated heterocycles. The molecule has 6 nitrogen and oxygen atoms in total. The first-order valence-electron chi connectivity index (χ1n) is 8.93. The summed E-state index contributed by atoms with van der Waals surface area (Å²) < 4.78 is 31.9. The van der Waals surface area contributed by atoms with E-state index in [9.17, 15) is 13.2 Å². The number of benzene rings is 1. The van der Waals surface area contributed by atoms with Gasteiger partial charge in [-0.3, -0.25) is 4.79 Å². The molecule has 1 aliphatic rings. The van der Waals surface area contributed by atoms with Crippen molar-refractivity contribution in [2.45, 2.75) is 43.5 Å². The first-order chi connectivity index (χ1) is 12.4. The van der Waals surface area contributed by atoms with Crippen molar-refractivity contribution < 1.29 is 17.9 Å². The number of hydrogen-bond acceptors (Lipinski definition) is 4. The van der Waals surface area contributed by atoms with E-state index in [2.05, 4.69) is 18.8 Å². The topological polar surface area (TPSA) is 75.7 Å². The predicted molar refractivity (Wildman–Crippen MR) is 102 cm³/mol. The number of methoxy groups -OCH3 is 1. The number of carbonyl (C=O) groups excluding carboxylic acids is 1. The largest absolute Gasteiger partial charge is 0.497 e. The highest BCUT2D eigenvalue weighted by atomic mass is 32.2. The predicted octanol–water partition coefficient (Wildman–Crippen LogP) is 2.57. The highest BCUT2D eigenvalue weighted by molar-refractivity contribution is 7.89. The van der Waals surface area contributed by atoms with E-state index < -0.39 is 10.0 Å². The Kier molecular flexibility index (Phi) is 7.23. The third kappa shape index (κ3) is 5.08. The van der Waals surface area contributed by atoms with Crippen LogP contribution in [0.25, 0.3) is 0 Å². The molecule has 1 aliphatic carbocycles. The Bertz CT molecular complexity index is 716. The molecule has 26 heavy (non-hydrogen) atoms. The van der Waals surface area contributed by atoms with Gasteiger partial charge in [-0.1, -0.05) is 25.8 Å². The van der Waals surface area contributed by atoms with Crippen molar-refractivity contribution in [3.63, 3.8) is 0 Å². The molecule has 1 N–H and O–H groups in total. The SMILES string of the molecule is C=CCN(CC(=O)N[C@H]1CCCC[C@H]1C)S(=O)(=O)c1ccc(OC)cc1. The zero-order valence-corrected chi connectivity index (χ0v) is 16.3. The third-order valence-electron chi connectivity index (χ3n) is 4.81. The number of carbonyl (C=O) groups is 1. The van der Waals surface area contributed by atoms with Crippen molar-refractivity contribution in [2.24, 2.45) is 5.92 Å². The van der Waals surface area contributed by atoms with Gasteiger partial charge in [-0.15, -0.1) is 6.58 Å². The fraction of sp³-hybridized carbons (Fsp3) is 0.526. The Hall–Kier alpha value is -1.86. The Morgan fingerprint density at radius 3 is 2.54 bits per heavy atom. The molecule has 2 atom stereocenters. The van der Waals surface area contributed by atoms with Gasteiger partial charge in [0.15, 0.2) is 0 Å². The fourth-order valence-electron chi connectivity index (χ4n) is 3.23. The van der Waals surface area contributed by atoms with Gasteiger partial charge in [-0.05, 0) is 43.0 Å². The molecule has 0 bridgehead atoms. The molecule has 2 rings (SSSR count). The van der Waals surface area contributed by atoms with Crippen LogP contribution in [-0.4, -0.2) is 44.9 Å². The minimum Gasteiger partial charge on any atom is -0.497 e. The zero-order valence-electron chi connectivity index (χ0n) is 15.5. The highest BCUT2D eigenvalue weighted by Crippen LogP contribution is 2.24. The lowest BCUT2D eigenvalue weighted by Gasteiger charge is -2.30. The maximum absolute atomic E-state index is 12.9. The van der Waals surface area contributed by atoms with E-state index in [1.165, 1.54) is 31.7 Å². The molecule has 144 valence electrons. The fourth-order valence-corrected chi connectivity index (χ4v) is 4.60. The first kappa shape index (κ1) is 20.5. The third-order valence-corrected chi connectivity index (χ3v) is 6.63. The van der Waals surface area contributed by atoms with Crippen LogP contribution >= 0.6 is 0 Å². The highest BCUT2D eigenvalue weighted by Gasteiger charge is 2.28. The van der Waals surface area contributed by atoms with Crippen molar-refractivity contribution in [1.29, 1.82) is 0 Å². The molecule has 0 heterocycles. The van der Waals surface area contributed by atoms with Gasteiger partial charge in [0, 0.05) is 12.6 Å². The van der Waals surface area contributed by atoms with Gasteiger partial charge in [0.25, 0.3) is 0 Å². The number of amides is 1. The second-order valence-electron chi connectivity index (χ2n) is 6.70. The van der Waals surface area contributed by atoms with Gasteiger partial charge in [-0.2, -0.15) is 4.31 Å². The summed E-state index contributed by atoms with van der Waals surface area (Å²) in [5.74, 6) is 0.713. The molecule has 0 aliphatic heterocycles. The molecule has 1 saturated carbocycles. The quantitative estimate of drug-likeness (QED) is 0.703. The Morgan fingerprint density at radius 1 is 1.31 bits per heavy atom. The first-order valence-corrected chi connectivity index (χ1v) is 10.4. The maximum atomic E-state index is 12.9. The number of hydrogen-bond donors (Lipinski definition) is 1. The summed E-state index contributed by atoms with van der Waals surface area (Å²) >= 11 is 0. The lowest BCUT2D eigenvalue weighted by Crippen LogP contribution is -2.47. The second-order valence-corrected chi connectivity index (χ2v) is 8.64. The molecule has 0 unspecified atom stereocenters. The van der Waals surface area contributed by atoms with Crippen LogP contribution in [0.5, 0.6) is 5.75 Å². The van der Waals surface area contributed by atoms with Crippen LogP contribution in [0.2, 0.25) is 0 Å². The standard InChI is InChI=1S/C19H28N2O4S/c1-4-13-21(14-19(22)20-18-8-6-5-7-15(18)2)26(23,24)17-11-9-16(25-3)10-12-17/h4,9-12,15,18H,1,5-8,13-14H2,2-3H3,(H,20,22)/t15-,18+/m1/s1. The van der Waals surface area contributed by atoms with Gasteiger partial charge < -0.3 is 10.1 Å². The van der Waals surface area contributed by atoms with E-state index in [1.54, 1.807) is 12.1 Å². The van der Waals surface area contributed by atoms with Gasteiger partial charge in [0.1, 0.15) is 5.75 Å². The maximum Gasteiger partial charge on any atom is 0.243 e. The molecule has 7 heteroatoms. The summed E-state index contributed by atoms with van der Waals surface area (Å²) in [6.45, 7) is 5.59. The number of rotatable bonds is 8. The molecule has 1 amide bonds. The minimum absolute atomic E-state index is 0.0714. The van der Waals surface area contributed by atoms with Crippen molar-refractivity contribution in [3.05, 3.63) is 36.9 Å². The minimum atomic E-state index is -3.79. The van der Waals surface area contributed by atoms with Crippen molar-refractivity contribution in [1.82, 2.24) is 9.62 Å². The zero-order chi connectivity index (χ0) is 19.2. The van der Waals surface area contributed by atoms with Crippen LogP contribution in [0, 0.1) is 5.92 Å². The molecule has 1 aromatic rings. The summed E-state index contributed by atoms with van der Waals surface area (Å²) in [5, 5.41) is 3.00. The van der Waals surface area contributed by atoms with Crippen LogP contribution in [0.15, 0.2) is 41.8 Å². The normalized spacial score (nSPS) is 20.6. The van der Waals surface area contributed by atoms with Crippen LogP contribution in [0.3, 0.4) is 0 Å². The summed E-state index contributed by atoms with van der Waals surface area (Å²) in [6, 6.07) is 6.24. The van der Waals surface area contributed by atoms with Crippen LogP contribution in [0.1, 0.15) is 32.6 Å². The van der Waals surface area contributed by atoms with E-state index in [-0.39, 0.29) is 29.9 Å². The number of sulfonamides is 1. The van der Waals surface area contributed by atoms with Crippen LogP contribution in [-0.2, 0) is 14.8 Å². The molecule has 0 spiro atoms. The van der Waals surface area contributed by atoms with Gasteiger partial charge >= 0.3 is 0 Å². The average molecular weight is 381 g/mol. The lowest BCUT2D eigenvalue weighted by atomic mass is 9.86. The number of ether oxygens (including phenoxy) is 1. The summed E-state index contributed by atoms with van der Waals surface area (Å²) in [6.07, 6.45) is 5.79. The summed E-state index contributed by atoms with van der Waals surface area (Å²) in [7, 11) is -2.27. The van der Waals surface area contributed by atoms with Crippen molar-refractivity contribution >= 4 is 15.9 Å². The smallest absolute Gasteiger partial charge is 0.243 e. The number of nitrogens with zero attached hydrogens (tertiary/aromatic N) is 1. The van der Waals surface area contributed by atoms with E-state index in [0.29, 0.717) is 11.7 Å². The molecular formula is C19H28N2O4S. The van der Waals surface area contributed by atoms with Crippen LogP contribution < -0.4 is 10.1 Å². The van der Waals surface area contributed by atoms with Gasteiger partial charge in [-0.25, -0.2) is 8.42 Å². The van der Waals surface area contributed by atoms with E-state index in [0.717, 1.165) is 23.6 Å². The van der Waals surface area contributed by atoms with E-state index in [4.69, 9.17) is 4.74 Å². The second kappa shape index (κ2) is 9.19.